The molecule has 1 aliphatic rings. The highest BCUT2D eigenvalue weighted by Crippen LogP contribution is 2.36. The third kappa shape index (κ3) is 5.15. The molecule has 4 rings (SSSR count). The summed E-state index contributed by atoms with van der Waals surface area (Å²) in [6.07, 6.45) is 1.39. The quantitative estimate of drug-likeness (QED) is 0.369. The molecular formula is C22H17BrFN3O5S. The Balaban J connectivity index is 1.53. The molecule has 33 heavy (non-hydrogen) atoms. The lowest BCUT2D eigenvalue weighted by atomic mass is 10.2. The van der Waals surface area contributed by atoms with Crippen molar-refractivity contribution in [3.8, 4) is 11.5 Å². The smallest absolute Gasteiger partial charge is 0.264 e. The van der Waals surface area contributed by atoms with Crippen molar-refractivity contribution in [3.63, 3.8) is 0 Å². The Morgan fingerprint density at radius 1 is 1.09 bits per heavy atom. The first-order chi connectivity index (χ1) is 15.8. The van der Waals surface area contributed by atoms with Crippen LogP contribution in [0, 0.1) is 5.82 Å². The molecule has 0 aliphatic carbocycles. The van der Waals surface area contributed by atoms with Gasteiger partial charge < -0.3 is 9.47 Å². The van der Waals surface area contributed by atoms with Crippen LogP contribution >= 0.6 is 15.9 Å². The number of fused-ring (bicyclic) bond motifs is 1. The molecule has 11 heteroatoms. The summed E-state index contributed by atoms with van der Waals surface area (Å²) < 4.78 is 51.9. The van der Waals surface area contributed by atoms with Crippen LogP contribution in [0.2, 0.25) is 0 Å². The maximum Gasteiger partial charge on any atom is 0.264 e. The number of carbonyl (C=O) groups excluding carboxylic acids is 1. The molecule has 1 heterocycles. The van der Waals surface area contributed by atoms with E-state index in [0.717, 1.165) is 16.4 Å². The van der Waals surface area contributed by atoms with E-state index in [2.05, 4.69) is 26.5 Å². The van der Waals surface area contributed by atoms with Crippen molar-refractivity contribution < 1.29 is 27.1 Å². The molecule has 8 nitrogen and oxygen atoms in total. The van der Waals surface area contributed by atoms with Gasteiger partial charge in [0.05, 0.1) is 16.8 Å². The Morgan fingerprint density at radius 3 is 2.45 bits per heavy atom. The summed E-state index contributed by atoms with van der Waals surface area (Å²) in [5.74, 6) is -0.0855. The van der Waals surface area contributed by atoms with Gasteiger partial charge in [0.1, 0.15) is 12.4 Å². The SMILES string of the molecule is O=C(CN(c1ccc(F)cc1)S(=O)(=O)c1ccccc1)N/N=C\c1cc2c(cc1Br)OCO2. The zero-order valence-corrected chi connectivity index (χ0v) is 19.3. The van der Waals surface area contributed by atoms with Gasteiger partial charge in [-0.25, -0.2) is 18.2 Å². The summed E-state index contributed by atoms with van der Waals surface area (Å²) in [5, 5.41) is 3.91. The van der Waals surface area contributed by atoms with Crippen LogP contribution in [-0.2, 0) is 14.8 Å². The van der Waals surface area contributed by atoms with Crippen LogP contribution in [0.1, 0.15) is 5.56 Å². The van der Waals surface area contributed by atoms with Crippen LogP contribution in [0.15, 0.2) is 81.2 Å². The molecule has 1 N–H and O–H groups in total. The molecule has 0 aromatic heterocycles. The minimum absolute atomic E-state index is 0.00471. The van der Waals surface area contributed by atoms with E-state index in [1.165, 1.54) is 30.5 Å². The van der Waals surface area contributed by atoms with Crippen LogP contribution in [0.3, 0.4) is 0 Å². The Kier molecular flexibility index (Phi) is 6.61. The van der Waals surface area contributed by atoms with Crippen LogP contribution in [0.4, 0.5) is 10.1 Å². The molecule has 0 bridgehead atoms. The summed E-state index contributed by atoms with van der Waals surface area (Å²) in [6, 6.07) is 15.9. The van der Waals surface area contributed by atoms with E-state index in [1.807, 2.05) is 0 Å². The largest absolute Gasteiger partial charge is 0.454 e. The average molecular weight is 534 g/mol. The molecule has 0 fully saturated rings. The van der Waals surface area contributed by atoms with Crippen molar-refractivity contribution in [3.05, 3.63) is 82.6 Å². The van der Waals surface area contributed by atoms with Gasteiger partial charge in [-0.05, 0) is 64.5 Å². The van der Waals surface area contributed by atoms with E-state index in [4.69, 9.17) is 9.47 Å². The van der Waals surface area contributed by atoms with Gasteiger partial charge in [0, 0.05) is 10.0 Å². The van der Waals surface area contributed by atoms with Crippen molar-refractivity contribution in [1.29, 1.82) is 0 Å². The zero-order chi connectivity index (χ0) is 23.4. The molecule has 1 aliphatic heterocycles. The van der Waals surface area contributed by atoms with Crippen molar-refractivity contribution >= 4 is 43.8 Å². The summed E-state index contributed by atoms with van der Waals surface area (Å²) in [6.45, 7) is -0.448. The number of hydrazone groups is 1. The Labute approximate surface area is 197 Å². The van der Waals surface area contributed by atoms with Crippen molar-refractivity contribution in [1.82, 2.24) is 5.43 Å². The highest BCUT2D eigenvalue weighted by Gasteiger charge is 2.27. The Bertz CT molecular complexity index is 1300. The number of anilines is 1. The number of halogens is 2. The predicted molar refractivity (Wildman–Crippen MR) is 123 cm³/mol. The normalized spacial score (nSPS) is 12.7. The lowest BCUT2D eigenvalue weighted by Gasteiger charge is -2.23. The number of amides is 1. The summed E-state index contributed by atoms with van der Waals surface area (Å²) >= 11 is 3.39. The van der Waals surface area contributed by atoms with Crippen molar-refractivity contribution in [2.24, 2.45) is 5.10 Å². The summed E-state index contributed by atoms with van der Waals surface area (Å²) in [4.78, 5) is 12.6. The molecule has 1 amide bonds. The van der Waals surface area contributed by atoms with Crippen molar-refractivity contribution in [2.75, 3.05) is 17.6 Å². The standard InChI is InChI=1S/C22H17BrFN3O5S/c23-19-11-21-20(31-14-32-21)10-15(19)12-25-26-22(28)13-27(17-8-6-16(24)7-9-17)33(29,30)18-4-2-1-3-5-18/h1-12H,13-14H2,(H,26,28)/b25-12-. The van der Waals surface area contributed by atoms with Crippen LogP contribution in [-0.4, -0.2) is 33.9 Å². The van der Waals surface area contributed by atoms with E-state index < -0.39 is 28.3 Å². The maximum atomic E-state index is 13.4. The molecule has 0 radical (unpaired) electrons. The first-order valence-electron chi connectivity index (χ1n) is 9.59. The maximum absolute atomic E-state index is 13.4. The number of ether oxygens (including phenoxy) is 2. The van der Waals surface area contributed by atoms with Gasteiger partial charge in [-0.15, -0.1) is 0 Å². The Hall–Kier alpha value is -3.44. The van der Waals surface area contributed by atoms with E-state index in [1.54, 1.807) is 30.3 Å². The third-order valence-corrected chi connectivity index (χ3v) is 7.09. The topological polar surface area (TPSA) is 97.3 Å². The molecule has 0 atom stereocenters. The number of nitrogens with one attached hydrogen (secondary N) is 1. The van der Waals surface area contributed by atoms with Crippen molar-refractivity contribution in [2.45, 2.75) is 4.90 Å². The average Bonchev–Trinajstić information content (AvgIpc) is 3.26. The number of hydrogen-bond donors (Lipinski definition) is 1. The number of rotatable bonds is 7. The first-order valence-corrected chi connectivity index (χ1v) is 11.8. The minimum atomic E-state index is -4.09. The zero-order valence-electron chi connectivity index (χ0n) is 16.9. The van der Waals surface area contributed by atoms with Crippen LogP contribution in [0.25, 0.3) is 0 Å². The number of sulfonamides is 1. The fourth-order valence-corrected chi connectivity index (χ4v) is 4.88. The molecule has 3 aromatic carbocycles. The predicted octanol–water partition coefficient (Wildman–Crippen LogP) is 3.66. The van der Waals surface area contributed by atoms with Gasteiger partial charge in [-0.1, -0.05) is 18.2 Å². The summed E-state index contributed by atoms with van der Waals surface area (Å²) in [7, 11) is -4.09. The fraction of sp³-hybridized carbons (Fsp3) is 0.0909. The van der Waals surface area contributed by atoms with Gasteiger partial charge >= 0.3 is 0 Å². The number of carbonyl (C=O) groups is 1. The van der Waals surface area contributed by atoms with Gasteiger partial charge in [-0.2, -0.15) is 5.10 Å². The van der Waals surface area contributed by atoms with E-state index >= 15 is 0 Å². The summed E-state index contributed by atoms with van der Waals surface area (Å²) in [5.41, 5.74) is 3.07. The molecule has 0 unspecified atom stereocenters. The van der Waals surface area contributed by atoms with Crippen LogP contribution < -0.4 is 19.2 Å². The first kappa shape index (κ1) is 22.7. The van der Waals surface area contributed by atoms with Gasteiger partial charge in [0.25, 0.3) is 15.9 Å². The Morgan fingerprint density at radius 2 is 1.76 bits per heavy atom. The second-order valence-electron chi connectivity index (χ2n) is 6.82. The second kappa shape index (κ2) is 9.59. The highest BCUT2D eigenvalue weighted by molar-refractivity contribution is 9.10. The van der Waals surface area contributed by atoms with E-state index in [0.29, 0.717) is 21.5 Å². The molecular weight excluding hydrogens is 517 g/mol. The number of benzene rings is 3. The van der Waals surface area contributed by atoms with Gasteiger partial charge in [0.15, 0.2) is 11.5 Å². The lowest BCUT2D eigenvalue weighted by Crippen LogP contribution is -2.39. The molecule has 0 saturated heterocycles. The van der Waals surface area contributed by atoms with E-state index in [-0.39, 0.29) is 17.4 Å². The highest BCUT2D eigenvalue weighted by atomic mass is 79.9. The van der Waals surface area contributed by atoms with Gasteiger partial charge in [0.2, 0.25) is 6.79 Å². The van der Waals surface area contributed by atoms with Gasteiger partial charge in [-0.3, -0.25) is 9.10 Å². The monoisotopic (exact) mass is 533 g/mol. The number of hydrogen-bond acceptors (Lipinski definition) is 6. The fourth-order valence-electron chi connectivity index (χ4n) is 3.01. The molecule has 3 aromatic rings. The third-order valence-electron chi connectivity index (χ3n) is 4.62. The second-order valence-corrected chi connectivity index (χ2v) is 9.54. The van der Waals surface area contributed by atoms with E-state index in [9.17, 15) is 17.6 Å². The molecule has 170 valence electrons. The molecule has 0 saturated carbocycles. The minimum Gasteiger partial charge on any atom is -0.454 e. The lowest BCUT2D eigenvalue weighted by molar-refractivity contribution is -0.119. The molecule has 0 spiro atoms. The number of nitrogens with zero attached hydrogens (tertiary/aromatic N) is 2. The van der Waals surface area contributed by atoms with Crippen LogP contribution in [0.5, 0.6) is 11.5 Å².